The summed E-state index contributed by atoms with van der Waals surface area (Å²) in [5, 5.41) is 0. The van der Waals surface area contributed by atoms with E-state index in [1.165, 1.54) is 5.56 Å². The fraction of sp³-hybridized carbons (Fsp3) is 0.409. The number of hydrogen-bond acceptors (Lipinski definition) is 5. The zero-order chi connectivity index (χ0) is 20.3. The lowest BCUT2D eigenvalue weighted by molar-refractivity contribution is -0.133. The molecular weight excluding hydrogens is 358 g/mol. The average molecular weight is 385 g/mol. The maximum absolute atomic E-state index is 13.1. The van der Waals surface area contributed by atoms with Gasteiger partial charge in [0.1, 0.15) is 11.5 Å². The van der Waals surface area contributed by atoms with Gasteiger partial charge in [-0.1, -0.05) is 6.07 Å². The van der Waals surface area contributed by atoms with Gasteiger partial charge in [-0.05, 0) is 42.7 Å². The third-order valence-corrected chi connectivity index (χ3v) is 5.34. The van der Waals surface area contributed by atoms with Crippen molar-refractivity contribution in [3.8, 4) is 23.0 Å². The van der Waals surface area contributed by atoms with E-state index in [2.05, 4.69) is 0 Å². The predicted molar refractivity (Wildman–Crippen MR) is 107 cm³/mol. The molecule has 1 atom stereocenters. The topological polar surface area (TPSA) is 57.2 Å². The number of carbonyl (C=O) groups is 1. The summed E-state index contributed by atoms with van der Waals surface area (Å²) < 4.78 is 21.5. The van der Waals surface area contributed by atoms with Crippen molar-refractivity contribution in [2.45, 2.75) is 25.8 Å². The van der Waals surface area contributed by atoms with E-state index in [9.17, 15) is 4.79 Å². The van der Waals surface area contributed by atoms with Gasteiger partial charge in [-0.3, -0.25) is 4.79 Å². The normalized spacial score (nSPS) is 15.6. The van der Waals surface area contributed by atoms with Gasteiger partial charge in [0.2, 0.25) is 5.91 Å². The SMILES string of the molecule is COc1ccc(CC(=O)N2CCc3cc(OC)c(OC)cc3C2C)c(OC)c1. The van der Waals surface area contributed by atoms with Crippen molar-refractivity contribution in [1.82, 2.24) is 4.90 Å². The molecular formula is C22H27NO5. The lowest BCUT2D eigenvalue weighted by Gasteiger charge is -2.36. The number of nitrogens with zero attached hydrogens (tertiary/aromatic N) is 1. The molecule has 0 N–H and O–H groups in total. The quantitative estimate of drug-likeness (QED) is 0.763. The number of benzene rings is 2. The first-order valence-corrected chi connectivity index (χ1v) is 9.27. The van der Waals surface area contributed by atoms with E-state index < -0.39 is 0 Å². The number of fused-ring (bicyclic) bond motifs is 1. The highest BCUT2D eigenvalue weighted by Gasteiger charge is 2.29. The van der Waals surface area contributed by atoms with Crippen LogP contribution in [0.2, 0.25) is 0 Å². The Labute approximate surface area is 166 Å². The van der Waals surface area contributed by atoms with Crippen LogP contribution in [0.5, 0.6) is 23.0 Å². The van der Waals surface area contributed by atoms with Crippen LogP contribution in [-0.4, -0.2) is 45.8 Å². The minimum Gasteiger partial charge on any atom is -0.497 e. The molecule has 0 saturated carbocycles. The van der Waals surface area contributed by atoms with Crippen molar-refractivity contribution in [2.24, 2.45) is 0 Å². The molecule has 0 fully saturated rings. The maximum atomic E-state index is 13.1. The molecule has 0 saturated heterocycles. The van der Waals surface area contributed by atoms with Crippen LogP contribution in [-0.2, 0) is 17.6 Å². The molecule has 0 radical (unpaired) electrons. The number of carbonyl (C=O) groups excluding carboxylic acids is 1. The number of ether oxygens (including phenoxy) is 4. The Morgan fingerprint density at radius 1 is 0.964 bits per heavy atom. The average Bonchev–Trinajstić information content (AvgIpc) is 2.73. The first-order valence-electron chi connectivity index (χ1n) is 9.27. The summed E-state index contributed by atoms with van der Waals surface area (Å²) in [7, 11) is 6.46. The second kappa shape index (κ2) is 8.42. The third kappa shape index (κ3) is 3.72. The molecule has 150 valence electrons. The van der Waals surface area contributed by atoms with Crippen LogP contribution in [0.3, 0.4) is 0 Å². The van der Waals surface area contributed by atoms with E-state index in [-0.39, 0.29) is 18.4 Å². The summed E-state index contributed by atoms with van der Waals surface area (Å²) in [6.45, 7) is 2.72. The fourth-order valence-corrected chi connectivity index (χ4v) is 3.75. The largest absolute Gasteiger partial charge is 0.497 e. The lowest BCUT2D eigenvalue weighted by Crippen LogP contribution is -2.39. The van der Waals surface area contributed by atoms with Crippen LogP contribution in [0.15, 0.2) is 30.3 Å². The van der Waals surface area contributed by atoms with Crippen LogP contribution in [0.1, 0.15) is 29.7 Å². The van der Waals surface area contributed by atoms with Gasteiger partial charge in [0.05, 0.1) is 40.9 Å². The summed E-state index contributed by atoms with van der Waals surface area (Å²) in [5.74, 6) is 2.82. The highest BCUT2D eigenvalue weighted by Crippen LogP contribution is 2.38. The zero-order valence-electron chi connectivity index (χ0n) is 17.1. The molecule has 1 aliphatic rings. The van der Waals surface area contributed by atoms with Gasteiger partial charge in [-0.25, -0.2) is 0 Å². The van der Waals surface area contributed by atoms with Crippen molar-refractivity contribution in [3.63, 3.8) is 0 Å². The molecule has 0 spiro atoms. The molecule has 1 unspecified atom stereocenters. The van der Waals surface area contributed by atoms with Crippen molar-refractivity contribution in [3.05, 3.63) is 47.0 Å². The molecule has 1 aliphatic heterocycles. The Morgan fingerprint density at radius 2 is 1.64 bits per heavy atom. The van der Waals surface area contributed by atoms with Crippen LogP contribution < -0.4 is 18.9 Å². The number of methoxy groups -OCH3 is 4. The second-order valence-corrected chi connectivity index (χ2v) is 6.77. The monoisotopic (exact) mass is 385 g/mol. The molecule has 2 aromatic carbocycles. The molecule has 1 amide bonds. The standard InChI is InChI=1S/C22H27NO5/c1-14-18-13-21(28-5)20(27-4)10-15(18)8-9-23(14)22(24)11-16-6-7-17(25-2)12-19(16)26-3/h6-7,10,12-14H,8-9,11H2,1-5H3. The van der Waals surface area contributed by atoms with E-state index in [0.717, 1.165) is 23.3 Å². The van der Waals surface area contributed by atoms with Gasteiger partial charge < -0.3 is 23.8 Å². The van der Waals surface area contributed by atoms with Crippen LogP contribution in [0.25, 0.3) is 0 Å². The Morgan fingerprint density at radius 3 is 2.29 bits per heavy atom. The summed E-state index contributed by atoms with van der Waals surface area (Å²) in [5.41, 5.74) is 3.13. The van der Waals surface area contributed by atoms with Gasteiger partial charge in [-0.15, -0.1) is 0 Å². The van der Waals surface area contributed by atoms with Gasteiger partial charge >= 0.3 is 0 Å². The molecule has 1 heterocycles. The highest BCUT2D eigenvalue weighted by atomic mass is 16.5. The Kier molecular flexibility index (Phi) is 5.97. The van der Waals surface area contributed by atoms with Crippen LogP contribution in [0.4, 0.5) is 0 Å². The molecule has 0 aliphatic carbocycles. The molecule has 6 nitrogen and oxygen atoms in total. The third-order valence-electron chi connectivity index (χ3n) is 5.34. The van der Waals surface area contributed by atoms with Crippen molar-refractivity contribution >= 4 is 5.91 Å². The first kappa shape index (κ1) is 19.9. The van der Waals surface area contributed by atoms with E-state index in [0.29, 0.717) is 23.8 Å². The summed E-state index contributed by atoms with van der Waals surface area (Å²) in [6, 6.07) is 9.48. The van der Waals surface area contributed by atoms with E-state index >= 15 is 0 Å². The van der Waals surface area contributed by atoms with Crippen LogP contribution >= 0.6 is 0 Å². The van der Waals surface area contributed by atoms with E-state index in [1.54, 1.807) is 34.5 Å². The second-order valence-electron chi connectivity index (χ2n) is 6.77. The molecule has 28 heavy (non-hydrogen) atoms. The summed E-state index contributed by atoms with van der Waals surface area (Å²) in [6.07, 6.45) is 1.06. The van der Waals surface area contributed by atoms with Gasteiger partial charge in [-0.2, -0.15) is 0 Å². The lowest BCUT2D eigenvalue weighted by atomic mass is 9.92. The Bertz CT molecular complexity index is 864. The fourth-order valence-electron chi connectivity index (χ4n) is 3.75. The van der Waals surface area contributed by atoms with E-state index in [4.69, 9.17) is 18.9 Å². The van der Waals surface area contributed by atoms with Gasteiger partial charge in [0, 0.05) is 18.2 Å². The Balaban J connectivity index is 1.83. The molecule has 0 bridgehead atoms. The van der Waals surface area contributed by atoms with Gasteiger partial charge in [0.15, 0.2) is 11.5 Å². The highest BCUT2D eigenvalue weighted by molar-refractivity contribution is 5.80. The maximum Gasteiger partial charge on any atom is 0.227 e. The van der Waals surface area contributed by atoms with Crippen molar-refractivity contribution in [2.75, 3.05) is 35.0 Å². The number of amides is 1. The summed E-state index contributed by atoms with van der Waals surface area (Å²) in [4.78, 5) is 15.0. The molecule has 0 aromatic heterocycles. The minimum absolute atomic E-state index is 0.0414. The zero-order valence-corrected chi connectivity index (χ0v) is 17.1. The molecule has 6 heteroatoms. The predicted octanol–water partition coefficient (Wildman–Crippen LogP) is 3.41. The summed E-state index contributed by atoms with van der Waals surface area (Å²) >= 11 is 0. The minimum atomic E-state index is -0.0414. The van der Waals surface area contributed by atoms with Crippen molar-refractivity contribution in [1.29, 1.82) is 0 Å². The number of hydrogen-bond donors (Lipinski definition) is 0. The van der Waals surface area contributed by atoms with Crippen LogP contribution in [0, 0.1) is 0 Å². The van der Waals surface area contributed by atoms with E-state index in [1.807, 2.05) is 36.1 Å². The smallest absolute Gasteiger partial charge is 0.227 e. The molecule has 3 rings (SSSR count). The first-order chi connectivity index (χ1) is 13.5. The number of rotatable bonds is 6. The Hall–Kier alpha value is -2.89. The van der Waals surface area contributed by atoms with Gasteiger partial charge in [0.25, 0.3) is 0 Å². The molecule has 2 aromatic rings. The van der Waals surface area contributed by atoms with Crippen molar-refractivity contribution < 1.29 is 23.7 Å².